The summed E-state index contributed by atoms with van der Waals surface area (Å²) in [5.74, 6) is -0.245. The first-order chi connectivity index (χ1) is 11.9. The molecule has 1 aliphatic heterocycles. The van der Waals surface area contributed by atoms with Gasteiger partial charge in [-0.1, -0.05) is 23.5 Å². The van der Waals surface area contributed by atoms with Crippen molar-refractivity contribution in [3.8, 4) is 0 Å². The molecule has 3 rings (SSSR count). The molecule has 0 unspecified atom stereocenters. The van der Waals surface area contributed by atoms with E-state index in [2.05, 4.69) is 0 Å². The fourth-order valence-electron chi connectivity index (χ4n) is 3.34. The molecule has 25 heavy (non-hydrogen) atoms. The molecule has 2 N–H and O–H groups in total. The second-order valence-corrected chi connectivity index (χ2v) is 7.71. The standard InChI is InChI=1S/C18H22FN3O2S/c1-11-12(2)25-18(24)22(11)10-17(23)21-8-7-15(16(20)9-21)13-3-5-14(19)6-4-13/h3-6,15-16H,7-10,20H2,1-2H3/t15-,16+/m1/s1. The predicted octanol–water partition coefficient (Wildman–Crippen LogP) is 2.01. The van der Waals surface area contributed by atoms with Gasteiger partial charge in [0.15, 0.2) is 0 Å². The van der Waals surface area contributed by atoms with Crippen LogP contribution in [-0.2, 0) is 11.3 Å². The predicted molar refractivity (Wildman–Crippen MR) is 96.4 cm³/mol. The summed E-state index contributed by atoms with van der Waals surface area (Å²) in [5, 5.41) is 0. The molecule has 2 atom stereocenters. The number of aromatic nitrogens is 1. The minimum absolute atomic E-state index is 0.0585. The van der Waals surface area contributed by atoms with Gasteiger partial charge in [0, 0.05) is 35.6 Å². The van der Waals surface area contributed by atoms with Crippen molar-refractivity contribution in [1.82, 2.24) is 9.47 Å². The molecule has 1 fully saturated rings. The van der Waals surface area contributed by atoms with Crippen LogP contribution in [0.15, 0.2) is 29.1 Å². The first-order valence-corrected chi connectivity index (χ1v) is 9.14. The van der Waals surface area contributed by atoms with Crippen LogP contribution in [0.2, 0.25) is 0 Å². The summed E-state index contributed by atoms with van der Waals surface area (Å²) < 4.78 is 14.6. The molecule has 0 bridgehead atoms. The molecule has 0 saturated carbocycles. The Kier molecular flexibility index (Phi) is 5.06. The molecule has 1 aliphatic rings. The summed E-state index contributed by atoms with van der Waals surface area (Å²) in [7, 11) is 0. The molecule has 1 aromatic carbocycles. The topological polar surface area (TPSA) is 68.3 Å². The van der Waals surface area contributed by atoms with E-state index in [9.17, 15) is 14.0 Å². The van der Waals surface area contributed by atoms with Gasteiger partial charge in [0.25, 0.3) is 0 Å². The van der Waals surface area contributed by atoms with Gasteiger partial charge in [-0.15, -0.1) is 0 Å². The average molecular weight is 363 g/mol. The molecule has 0 spiro atoms. The van der Waals surface area contributed by atoms with Gasteiger partial charge in [0.1, 0.15) is 12.4 Å². The van der Waals surface area contributed by atoms with Crippen LogP contribution < -0.4 is 10.6 Å². The number of rotatable bonds is 3. The molecule has 1 saturated heterocycles. The van der Waals surface area contributed by atoms with Crippen molar-refractivity contribution >= 4 is 17.2 Å². The molecular weight excluding hydrogens is 341 g/mol. The quantitative estimate of drug-likeness (QED) is 0.907. The number of aryl methyl sites for hydroxylation is 1. The number of carbonyl (C=O) groups excluding carboxylic acids is 1. The lowest BCUT2D eigenvalue weighted by Gasteiger charge is -2.37. The number of hydrogen-bond acceptors (Lipinski definition) is 4. The van der Waals surface area contributed by atoms with Crippen LogP contribution in [0, 0.1) is 19.7 Å². The lowest BCUT2D eigenvalue weighted by molar-refractivity contribution is -0.133. The maximum absolute atomic E-state index is 13.1. The Balaban J connectivity index is 1.67. The first kappa shape index (κ1) is 17.8. The van der Waals surface area contributed by atoms with E-state index in [1.807, 2.05) is 13.8 Å². The maximum atomic E-state index is 13.1. The van der Waals surface area contributed by atoms with Crippen molar-refractivity contribution in [3.63, 3.8) is 0 Å². The zero-order valence-electron chi connectivity index (χ0n) is 14.4. The Labute approximate surface area is 149 Å². The molecule has 1 amide bonds. The summed E-state index contributed by atoms with van der Waals surface area (Å²) in [5.41, 5.74) is 8.12. The lowest BCUT2D eigenvalue weighted by Crippen LogP contribution is -2.50. The highest BCUT2D eigenvalue weighted by molar-refractivity contribution is 7.09. The van der Waals surface area contributed by atoms with Gasteiger partial charge in [0.2, 0.25) is 5.91 Å². The number of piperidine rings is 1. The Morgan fingerprint density at radius 2 is 2.00 bits per heavy atom. The fraction of sp³-hybridized carbons (Fsp3) is 0.444. The van der Waals surface area contributed by atoms with Crippen LogP contribution in [0.5, 0.6) is 0 Å². The number of nitrogens with zero attached hydrogens (tertiary/aromatic N) is 2. The van der Waals surface area contributed by atoms with E-state index in [1.165, 1.54) is 28.0 Å². The van der Waals surface area contributed by atoms with Crippen LogP contribution in [0.3, 0.4) is 0 Å². The molecule has 134 valence electrons. The monoisotopic (exact) mass is 363 g/mol. The van der Waals surface area contributed by atoms with Crippen molar-refractivity contribution < 1.29 is 9.18 Å². The number of nitrogens with two attached hydrogens (primary N) is 1. The van der Waals surface area contributed by atoms with E-state index in [0.717, 1.165) is 22.6 Å². The summed E-state index contributed by atoms with van der Waals surface area (Å²) in [6, 6.07) is 6.19. The van der Waals surface area contributed by atoms with Crippen molar-refractivity contribution in [2.24, 2.45) is 5.73 Å². The Morgan fingerprint density at radius 3 is 2.56 bits per heavy atom. The third kappa shape index (κ3) is 3.67. The Bertz CT molecular complexity index is 828. The minimum atomic E-state index is -0.267. The Morgan fingerprint density at radius 1 is 1.32 bits per heavy atom. The van der Waals surface area contributed by atoms with Gasteiger partial charge < -0.3 is 10.6 Å². The molecular formula is C18H22FN3O2S. The number of carbonyl (C=O) groups is 1. The number of halogens is 1. The highest BCUT2D eigenvalue weighted by atomic mass is 32.1. The second kappa shape index (κ2) is 7.09. The molecule has 7 heteroatoms. The summed E-state index contributed by atoms with van der Waals surface area (Å²) in [4.78, 5) is 27.1. The zero-order chi connectivity index (χ0) is 18.1. The van der Waals surface area contributed by atoms with Crippen LogP contribution in [0.4, 0.5) is 4.39 Å². The maximum Gasteiger partial charge on any atom is 0.308 e. The van der Waals surface area contributed by atoms with Crippen LogP contribution >= 0.6 is 11.3 Å². The minimum Gasteiger partial charge on any atom is -0.340 e. The third-order valence-corrected chi connectivity index (χ3v) is 5.97. The van der Waals surface area contributed by atoms with Crippen LogP contribution in [-0.4, -0.2) is 34.5 Å². The fourth-order valence-corrected chi connectivity index (χ4v) is 4.17. The van der Waals surface area contributed by atoms with Gasteiger partial charge in [-0.3, -0.25) is 14.2 Å². The summed E-state index contributed by atoms with van der Waals surface area (Å²) in [6.45, 7) is 4.83. The van der Waals surface area contributed by atoms with E-state index in [1.54, 1.807) is 17.0 Å². The van der Waals surface area contributed by atoms with Crippen LogP contribution in [0.25, 0.3) is 0 Å². The number of likely N-dealkylation sites (tertiary alicyclic amines) is 1. The smallest absolute Gasteiger partial charge is 0.308 e. The molecule has 0 aliphatic carbocycles. The summed E-state index contributed by atoms with van der Waals surface area (Å²) >= 11 is 1.17. The van der Waals surface area contributed by atoms with Crippen molar-refractivity contribution in [2.75, 3.05) is 13.1 Å². The Hall–Kier alpha value is -1.99. The van der Waals surface area contributed by atoms with Gasteiger partial charge >= 0.3 is 4.87 Å². The van der Waals surface area contributed by atoms with Crippen molar-refractivity contribution in [3.05, 3.63) is 55.9 Å². The first-order valence-electron chi connectivity index (χ1n) is 8.32. The second-order valence-electron chi connectivity index (χ2n) is 6.55. The van der Waals surface area contributed by atoms with Gasteiger partial charge in [-0.2, -0.15) is 0 Å². The van der Waals surface area contributed by atoms with E-state index in [0.29, 0.717) is 13.1 Å². The largest absolute Gasteiger partial charge is 0.340 e. The van der Waals surface area contributed by atoms with E-state index < -0.39 is 0 Å². The molecule has 1 aromatic heterocycles. The molecule has 2 heterocycles. The van der Waals surface area contributed by atoms with Gasteiger partial charge in [-0.05, 0) is 38.0 Å². The summed E-state index contributed by atoms with van der Waals surface area (Å²) in [6.07, 6.45) is 0.731. The van der Waals surface area contributed by atoms with Crippen molar-refractivity contribution in [2.45, 2.75) is 38.8 Å². The number of benzene rings is 1. The van der Waals surface area contributed by atoms with E-state index >= 15 is 0 Å². The molecule has 0 radical (unpaired) electrons. The number of hydrogen-bond donors (Lipinski definition) is 1. The SMILES string of the molecule is Cc1sc(=O)n(CC(=O)N2CC[C@H](c3ccc(F)cc3)[C@@H](N)C2)c1C. The van der Waals surface area contributed by atoms with Crippen molar-refractivity contribution in [1.29, 1.82) is 0 Å². The zero-order valence-corrected chi connectivity index (χ0v) is 15.2. The van der Waals surface area contributed by atoms with Gasteiger partial charge in [0.05, 0.1) is 0 Å². The average Bonchev–Trinajstić information content (AvgIpc) is 2.82. The highest BCUT2D eigenvalue weighted by Gasteiger charge is 2.30. The molecule has 5 nitrogen and oxygen atoms in total. The van der Waals surface area contributed by atoms with E-state index in [-0.39, 0.29) is 35.1 Å². The van der Waals surface area contributed by atoms with Gasteiger partial charge in [-0.25, -0.2) is 4.39 Å². The normalized spacial score (nSPS) is 20.7. The highest BCUT2D eigenvalue weighted by Crippen LogP contribution is 2.27. The number of thiazole rings is 1. The van der Waals surface area contributed by atoms with Crippen LogP contribution in [0.1, 0.15) is 28.5 Å². The molecule has 2 aromatic rings. The lowest BCUT2D eigenvalue weighted by atomic mass is 9.86. The van der Waals surface area contributed by atoms with E-state index in [4.69, 9.17) is 5.73 Å². The number of amides is 1. The third-order valence-electron chi connectivity index (χ3n) is 4.98.